The molecule has 0 aliphatic rings. The van der Waals surface area contributed by atoms with E-state index in [1.54, 1.807) is 49.4 Å². The first kappa shape index (κ1) is 32.4. The maximum absolute atomic E-state index is 14.1. The third-order valence-corrected chi connectivity index (χ3v) is 9.28. The van der Waals surface area contributed by atoms with Gasteiger partial charge < -0.3 is 10.2 Å². The molecule has 2 amide bonds. The number of benzene rings is 3. The smallest absolute Gasteiger partial charge is 0.264 e. The molecule has 41 heavy (non-hydrogen) atoms. The molecule has 0 bridgehead atoms. The lowest BCUT2D eigenvalue weighted by Crippen LogP contribution is -2.53. The number of carbonyl (C=O) groups is 2. The van der Waals surface area contributed by atoms with Crippen molar-refractivity contribution >= 4 is 50.7 Å². The summed E-state index contributed by atoms with van der Waals surface area (Å²) in [5.74, 6) is -1.61. The second-order valence-corrected chi connectivity index (χ2v) is 12.4. The van der Waals surface area contributed by atoms with Gasteiger partial charge in [-0.25, -0.2) is 12.8 Å². The molecule has 0 aliphatic heterocycles. The van der Waals surface area contributed by atoms with Crippen molar-refractivity contribution in [1.82, 2.24) is 10.2 Å². The van der Waals surface area contributed by atoms with Gasteiger partial charge in [-0.15, -0.1) is 0 Å². The molecule has 3 aromatic carbocycles. The third-order valence-electron chi connectivity index (χ3n) is 6.78. The van der Waals surface area contributed by atoms with E-state index in [1.807, 2.05) is 20.8 Å². The minimum absolute atomic E-state index is 0.123. The number of rotatable bonds is 12. The lowest BCUT2D eigenvalue weighted by molar-refractivity contribution is -0.140. The molecule has 0 heterocycles. The highest BCUT2D eigenvalue weighted by Crippen LogP contribution is 2.29. The first-order chi connectivity index (χ1) is 19.4. The average molecular weight is 623 g/mol. The van der Waals surface area contributed by atoms with E-state index in [0.29, 0.717) is 22.0 Å². The van der Waals surface area contributed by atoms with Gasteiger partial charge in [0.1, 0.15) is 18.4 Å². The predicted molar refractivity (Wildman–Crippen MR) is 161 cm³/mol. The standard InChI is InChI=1S/C30H34Cl2FN3O4S/c1-5-21(4)34-30(38)28(6-2)35(18-25-26(31)8-7-9-27(25)32)29(37)19-36(23-14-10-20(3)11-15-23)41(39,40)24-16-12-22(33)13-17-24/h7-17,21,28H,5-6,18-19H2,1-4H3,(H,34,38)/t21-,28-/m1/s1. The summed E-state index contributed by atoms with van der Waals surface area (Å²) in [5.41, 5.74) is 1.56. The number of hydrogen-bond donors (Lipinski definition) is 1. The largest absolute Gasteiger partial charge is 0.352 e. The van der Waals surface area contributed by atoms with E-state index in [0.717, 1.165) is 34.1 Å². The number of amides is 2. The molecule has 0 unspecified atom stereocenters. The Balaban J connectivity index is 2.09. The molecule has 0 aromatic heterocycles. The van der Waals surface area contributed by atoms with Gasteiger partial charge in [-0.3, -0.25) is 13.9 Å². The van der Waals surface area contributed by atoms with Crippen molar-refractivity contribution in [2.75, 3.05) is 10.8 Å². The van der Waals surface area contributed by atoms with Crippen LogP contribution in [0.15, 0.2) is 71.6 Å². The fourth-order valence-electron chi connectivity index (χ4n) is 4.19. The Labute approximate surface area is 251 Å². The third kappa shape index (κ3) is 7.99. The van der Waals surface area contributed by atoms with Crippen LogP contribution in [-0.2, 0) is 26.2 Å². The zero-order valence-corrected chi connectivity index (χ0v) is 25.7. The van der Waals surface area contributed by atoms with Gasteiger partial charge in [0.05, 0.1) is 10.6 Å². The van der Waals surface area contributed by atoms with Crippen molar-refractivity contribution in [3.63, 3.8) is 0 Å². The van der Waals surface area contributed by atoms with E-state index in [1.165, 1.54) is 4.90 Å². The van der Waals surface area contributed by atoms with Crippen molar-refractivity contribution in [3.8, 4) is 0 Å². The topological polar surface area (TPSA) is 86.8 Å². The molecule has 0 saturated carbocycles. The van der Waals surface area contributed by atoms with Crippen molar-refractivity contribution < 1.29 is 22.4 Å². The van der Waals surface area contributed by atoms with Crippen LogP contribution in [0.2, 0.25) is 10.0 Å². The van der Waals surface area contributed by atoms with E-state index < -0.39 is 34.3 Å². The molecule has 2 atom stereocenters. The molecule has 3 aromatic rings. The highest BCUT2D eigenvalue weighted by molar-refractivity contribution is 7.92. The fraction of sp³-hybridized carbons (Fsp3) is 0.333. The van der Waals surface area contributed by atoms with E-state index >= 15 is 0 Å². The number of nitrogens with zero attached hydrogens (tertiary/aromatic N) is 2. The lowest BCUT2D eigenvalue weighted by Gasteiger charge is -2.34. The number of sulfonamides is 1. The fourth-order valence-corrected chi connectivity index (χ4v) is 6.12. The second-order valence-electron chi connectivity index (χ2n) is 9.76. The summed E-state index contributed by atoms with van der Waals surface area (Å²) in [5, 5.41) is 3.53. The van der Waals surface area contributed by atoms with Crippen LogP contribution in [0.25, 0.3) is 0 Å². The lowest BCUT2D eigenvalue weighted by atomic mass is 10.1. The molecular weight excluding hydrogens is 588 g/mol. The van der Waals surface area contributed by atoms with Crippen LogP contribution in [0.1, 0.15) is 44.7 Å². The van der Waals surface area contributed by atoms with E-state index in [4.69, 9.17) is 23.2 Å². The molecule has 7 nitrogen and oxygen atoms in total. The highest BCUT2D eigenvalue weighted by Gasteiger charge is 2.34. The predicted octanol–water partition coefficient (Wildman–Crippen LogP) is 6.36. The average Bonchev–Trinajstić information content (AvgIpc) is 2.93. The van der Waals surface area contributed by atoms with Crippen molar-refractivity contribution in [1.29, 1.82) is 0 Å². The van der Waals surface area contributed by atoms with Gasteiger partial charge in [0.25, 0.3) is 10.0 Å². The normalized spacial score (nSPS) is 12.9. The summed E-state index contributed by atoms with van der Waals surface area (Å²) in [6, 6.07) is 14.9. The Hall–Kier alpha value is -3.14. The maximum Gasteiger partial charge on any atom is 0.264 e. The van der Waals surface area contributed by atoms with Crippen LogP contribution in [0.5, 0.6) is 0 Å². The molecule has 0 aliphatic carbocycles. The first-order valence-electron chi connectivity index (χ1n) is 13.3. The Bertz CT molecular complexity index is 1450. The molecule has 220 valence electrons. The molecule has 1 N–H and O–H groups in total. The van der Waals surface area contributed by atoms with Crippen LogP contribution < -0.4 is 9.62 Å². The van der Waals surface area contributed by atoms with Crippen molar-refractivity contribution in [2.45, 2.75) is 64.1 Å². The quantitative estimate of drug-likeness (QED) is 0.255. The summed E-state index contributed by atoms with van der Waals surface area (Å²) < 4.78 is 42.2. The van der Waals surface area contributed by atoms with E-state index in [9.17, 15) is 22.4 Å². The van der Waals surface area contributed by atoms with E-state index in [-0.39, 0.29) is 35.5 Å². The van der Waals surface area contributed by atoms with Crippen molar-refractivity contribution in [3.05, 3.63) is 93.7 Å². The summed E-state index contributed by atoms with van der Waals surface area (Å²) in [4.78, 5) is 28.6. The second kappa shape index (κ2) is 14.2. The van der Waals surface area contributed by atoms with Crippen LogP contribution in [0.3, 0.4) is 0 Å². The molecular formula is C30H34Cl2FN3O4S. The Morgan fingerprint density at radius 3 is 2.05 bits per heavy atom. The summed E-state index contributed by atoms with van der Waals surface area (Å²) in [6.07, 6.45) is 0.939. The number of carbonyl (C=O) groups excluding carboxylic acids is 2. The summed E-state index contributed by atoms with van der Waals surface area (Å²) in [6.45, 7) is 6.65. The zero-order valence-electron chi connectivity index (χ0n) is 23.4. The van der Waals surface area contributed by atoms with Crippen LogP contribution in [0.4, 0.5) is 10.1 Å². The highest BCUT2D eigenvalue weighted by atomic mass is 35.5. The number of hydrogen-bond acceptors (Lipinski definition) is 4. The number of nitrogens with one attached hydrogen (secondary N) is 1. The van der Waals surface area contributed by atoms with Gasteiger partial charge in [0, 0.05) is 28.2 Å². The van der Waals surface area contributed by atoms with Gasteiger partial charge in [-0.05, 0) is 75.2 Å². The molecule has 3 rings (SSSR count). The van der Waals surface area contributed by atoms with Gasteiger partial charge in [0.15, 0.2) is 0 Å². The molecule has 0 radical (unpaired) electrons. The molecule has 0 fully saturated rings. The van der Waals surface area contributed by atoms with Crippen molar-refractivity contribution in [2.24, 2.45) is 0 Å². The summed E-state index contributed by atoms with van der Waals surface area (Å²) in [7, 11) is -4.31. The Morgan fingerprint density at radius 2 is 1.51 bits per heavy atom. The minimum Gasteiger partial charge on any atom is -0.352 e. The molecule has 0 saturated heterocycles. The van der Waals surface area contributed by atoms with Gasteiger partial charge >= 0.3 is 0 Å². The SMILES string of the molecule is CC[C@@H](C)NC(=O)[C@@H](CC)N(Cc1c(Cl)cccc1Cl)C(=O)CN(c1ccc(C)cc1)S(=O)(=O)c1ccc(F)cc1. The van der Waals surface area contributed by atoms with Gasteiger partial charge in [-0.1, -0.05) is 60.8 Å². The van der Waals surface area contributed by atoms with Crippen LogP contribution >= 0.6 is 23.2 Å². The van der Waals surface area contributed by atoms with Gasteiger partial charge in [0.2, 0.25) is 11.8 Å². The number of aryl methyl sites for hydroxylation is 1. The minimum atomic E-state index is -4.31. The first-order valence-corrected chi connectivity index (χ1v) is 15.5. The number of halogens is 3. The Kier molecular flexibility index (Phi) is 11.2. The Morgan fingerprint density at radius 1 is 0.927 bits per heavy atom. The number of anilines is 1. The van der Waals surface area contributed by atoms with Crippen LogP contribution in [-0.4, -0.2) is 43.8 Å². The van der Waals surface area contributed by atoms with Crippen LogP contribution in [0, 0.1) is 12.7 Å². The maximum atomic E-state index is 14.1. The summed E-state index contributed by atoms with van der Waals surface area (Å²) >= 11 is 12.9. The molecule has 11 heteroatoms. The zero-order chi connectivity index (χ0) is 30.3. The monoisotopic (exact) mass is 621 g/mol. The van der Waals surface area contributed by atoms with E-state index in [2.05, 4.69) is 5.32 Å². The molecule has 0 spiro atoms. The van der Waals surface area contributed by atoms with Gasteiger partial charge in [-0.2, -0.15) is 0 Å².